The standard InChI is InChI=1S/C14H15BrN4O2/c1-8-4-3-5-10(16)13(8)18-11(20)6-19-7-17-9(2)12(15)14(19)21/h3-5,7H,6,16H2,1-2H3,(H,18,20). The zero-order chi connectivity index (χ0) is 15.6. The number of anilines is 2. The molecule has 2 rings (SSSR count). The number of rotatable bonds is 3. The number of para-hydroxylation sites is 1. The Balaban J connectivity index is 2.20. The zero-order valence-electron chi connectivity index (χ0n) is 11.7. The largest absolute Gasteiger partial charge is 0.397 e. The third-order valence-corrected chi connectivity index (χ3v) is 3.95. The highest BCUT2D eigenvalue weighted by atomic mass is 79.9. The number of carbonyl (C=O) groups is 1. The lowest BCUT2D eigenvalue weighted by molar-refractivity contribution is -0.116. The van der Waals surface area contributed by atoms with Crippen molar-refractivity contribution in [3.05, 3.63) is 50.6 Å². The second-order valence-electron chi connectivity index (χ2n) is 4.66. The van der Waals surface area contributed by atoms with Crippen LogP contribution in [0, 0.1) is 13.8 Å². The Labute approximate surface area is 130 Å². The Bertz CT molecular complexity index is 735. The number of aromatic nitrogens is 2. The third-order valence-electron chi connectivity index (χ3n) is 3.04. The molecule has 0 saturated carbocycles. The molecular formula is C14H15BrN4O2. The molecule has 0 spiro atoms. The molecule has 1 amide bonds. The van der Waals surface area contributed by atoms with E-state index in [4.69, 9.17) is 5.73 Å². The summed E-state index contributed by atoms with van der Waals surface area (Å²) < 4.78 is 1.59. The van der Waals surface area contributed by atoms with Gasteiger partial charge in [0.2, 0.25) is 5.91 Å². The smallest absolute Gasteiger partial charge is 0.268 e. The van der Waals surface area contributed by atoms with Gasteiger partial charge in [-0.05, 0) is 41.4 Å². The highest BCUT2D eigenvalue weighted by Gasteiger charge is 2.11. The van der Waals surface area contributed by atoms with Gasteiger partial charge < -0.3 is 11.1 Å². The van der Waals surface area contributed by atoms with Crippen LogP contribution in [0.3, 0.4) is 0 Å². The number of nitrogens with two attached hydrogens (primary N) is 1. The van der Waals surface area contributed by atoms with Crippen LogP contribution in [0.15, 0.2) is 33.8 Å². The van der Waals surface area contributed by atoms with Gasteiger partial charge in [0, 0.05) is 0 Å². The molecule has 1 heterocycles. The van der Waals surface area contributed by atoms with Gasteiger partial charge in [0.1, 0.15) is 11.0 Å². The van der Waals surface area contributed by atoms with Gasteiger partial charge in [-0.2, -0.15) is 0 Å². The van der Waals surface area contributed by atoms with Crippen LogP contribution >= 0.6 is 15.9 Å². The van der Waals surface area contributed by atoms with Gasteiger partial charge in [-0.3, -0.25) is 14.2 Å². The molecule has 21 heavy (non-hydrogen) atoms. The maximum absolute atomic E-state index is 12.1. The second-order valence-corrected chi connectivity index (χ2v) is 5.46. The fraction of sp³-hybridized carbons (Fsp3) is 0.214. The van der Waals surface area contributed by atoms with Crippen LogP contribution in [-0.4, -0.2) is 15.5 Å². The molecule has 0 saturated heterocycles. The summed E-state index contributed by atoms with van der Waals surface area (Å²) in [5.74, 6) is -0.337. The maximum atomic E-state index is 12.1. The lowest BCUT2D eigenvalue weighted by Gasteiger charge is -2.12. The van der Waals surface area contributed by atoms with E-state index in [9.17, 15) is 9.59 Å². The number of hydrogen-bond acceptors (Lipinski definition) is 4. The monoisotopic (exact) mass is 350 g/mol. The predicted octanol–water partition coefficient (Wildman–Crippen LogP) is 1.84. The molecule has 0 aliphatic rings. The summed E-state index contributed by atoms with van der Waals surface area (Å²) in [5, 5.41) is 2.72. The number of amides is 1. The first-order valence-electron chi connectivity index (χ1n) is 6.26. The average Bonchev–Trinajstić information content (AvgIpc) is 2.44. The first-order chi connectivity index (χ1) is 9.90. The highest BCUT2D eigenvalue weighted by molar-refractivity contribution is 9.10. The summed E-state index contributed by atoms with van der Waals surface area (Å²) in [7, 11) is 0. The number of benzene rings is 1. The van der Waals surface area contributed by atoms with Crippen LogP contribution in [0.25, 0.3) is 0 Å². The lowest BCUT2D eigenvalue weighted by Crippen LogP contribution is -2.29. The minimum Gasteiger partial charge on any atom is -0.397 e. The molecule has 0 aliphatic heterocycles. The van der Waals surface area contributed by atoms with E-state index >= 15 is 0 Å². The number of carbonyl (C=O) groups excluding carboxylic acids is 1. The lowest BCUT2D eigenvalue weighted by atomic mass is 10.1. The van der Waals surface area contributed by atoms with Crippen LogP contribution in [0.2, 0.25) is 0 Å². The normalized spacial score (nSPS) is 10.4. The van der Waals surface area contributed by atoms with Gasteiger partial charge >= 0.3 is 0 Å². The fourth-order valence-electron chi connectivity index (χ4n) is 1.85. The predicted molar refractivity (Wildman–Crippen MR) is 85.2 cm³/mol. The molecule has 1 aromatic heterocycles. The Morgan fingerprint density at radius 2 is 2.14 bits per heavy atom. The topological polar surface area (TPSA) is 90.0 Å². The number of hydrogen-bond donors (Lipinski definition) is 2. The van der Waals surface area contributed by atoms with Crippen molar-refractivity contribution >= 4 is 33.2 Å². The van der Waals surface area contributed by atoms with Crippen LogP contribution < -0.4 is 16.6 Å². The molecule has 3 N–H and O–H groups in total. The Kier molecular flexibility index (Phi) is 4.42. The van der Waals surface area contributed by atoms with Crippen molar-refractivity contribution in [2.45, 2.75) is 20.4 Å². The van der Waals surface area contributed by atoms with Crippen LogP contribution in [0.5, 0.6) is 0 Å². The van der Waals surface area contributed by atoms with Crippen molar-refractivity contribution in [3.8, 4) is 0 Å². The molecular weight excluding hydrogens is 336 g/mol. The Morgan fingerprint density at radius 3 is 2.81 bits per heavy atom. The van der Waals surface area contributed by atoms with Gasteiger partial charge in [-0.1, -0.05) is 12.1 Å². The summed E-state index contributed by atoms with van der Waals surface area (Å²) in [5.41, 5.74) is 8.03. The Morgan fingerprint density at radius 1 is 1.43 bits per heavy atom. The van der Waals surface area contributed by atoms with Crippen molar-refractivity contribution in [1.29, 1.82) is 0 Å². The van der Waals surface area contributed by atoms with E-state index in [1.165, 1.54) is 10.9 Å². The molecule has 0 bridgehead atoms. The average molecular weight is 351 g/mol. The number of halogens is 1. The highest BCUT2D eigenvalue weighted by Crippen LogP contribution is 2.22. The molecule has 0 radical (unpaired) electrons. The van der Waals surface area contributed by atoms with Crippen LogP contribution in [0.4, 0.5) is 11.4 Å². The quantitative estimate of drug-likeness (QED) is 0.826. The summed E-state index contributed by atoms with van der Waals surface area (Å²) in [6.45, 7) is 3.44. The van der Waals surface area contributed by atoms with Gasteiger partial charge in [0.15, 0.2) is 0 Å². The molecule has 6 nitrogen and oxygen atoms in total. The number of nitrogens with one attached hydrogen (secondary N) is 1. The van der Waals surface area contributed by atoms with Gasteiger partial charge in [0.25, 0.3) is 5.56 Å². The van der Waals surface area contributed by atoms with Gasteiger partial charge in [-0.25, -0.2) is 4.98 Å². The molecule has 1 aromatic carbocycles. The number of nitrogen functional groups attached to an aromatic ring is 1. The van der Waals surface area contributed by atoms with E-state index in [0.717, 1.165) is 5.56 Å². The summed E-state index contributed by atoms with van der Waals surface area (Å²) in [6.07, 6.45) is 1.35. The molecule has 110 valence electrons. The van der Waals surface area contributed by atoms with Crippen molar-refractivity contribution in [2.75, 3.05) is 11.1 Å². The molecule has 0 aliphatic carbocycles. The molecule has 0 fully saturated rings. The summed E-state index contributed by atoms with van der Waals surface area (Å²) in [6, 6.07) is 5.37. The van der Waals surface area contributed by atoms with E-state index in [1.54, 1.807) is 13.0 Å². The minimum absolute atomic E-state index is 0.127. The van der Waals surface area contributed by atoms with Crippen molar-refractivity contribution in [3.63, 3.8) is 0 Å². The van der Waals surface area contributed by atoms with Crippen molar-refractivity contribution in [2.24, 2.45) is 0 Å². The van der Waals surface area contributed by atoms with Crippen LogP contribution in [0.1, 0.15) is 11.3 Å². The number of nitrogens with zero attached hydrogens (tertiary/aromatic N) is 2. The zero-order valence-corrected chi connectivity index (χ0v) is 13.3. The van der Waals surface area contributed by atoms with Gasteiger partial charge in [0.05, 0.1) is 23.4 Å². The summed E-state index contributed by atoms with van der Waals surface area (Å²) in [4.78, 5) is 28.1. The SMILES string of the molecule is Cc1cccc(N)c1NC(=O)Cn1cnc(C)c(Br)c1=O. The molecule has 7 heteroatoms. The van der Waals surface area contributed by atoms with E-state index in [0.29, 0.717) is 21.5 Å². The van der Waals surface area contributed by atoms with E-state index in [2.05, 4.69) is 26.2 Å². The minimum atomic E-state index is -0.337. The Hall–Kier alpha value is -2.15. The number of aryl methyl sites for hydroxylation is 2. The molecule has 0 unspecified atom stereocenters. The fourth-order valence-corrected chi connectivity index (χ4v) is 2.18. The van der Waals surface area contributed by atoms with E-state index in [-0.39, 0.29) is 18.0 Å². The van der Waals surface area contributed by atoms with Crippen molar-refractivity contribution < 1.29 is 4.79 Å². The van der Waals surface area contributed by atoms with Crippen LogP contribution in [-0.2, 0) is 11.3 Å². The summed E-state index contributed by atoms with van der Waals surface area (Å²) >= 11 is 3.16. The van der Waals surface area contributed by atoms with Gasteiger partial charge in [-0.15, -0.1) is 0 Å². The molecule has 2 aromatic rings. The molecule has 0 atom stereocenters. The first kappa shape index (κ1) is 15.2. The van der Waals surface area contributed by atoms with E-state index in [1.807, 2.05) is 19.1 Å². The van der Waals surface area contributed by atoms with Crippen molar-refractivity contribution in [1.82, 2.24) is 9.55 Å². The second kappa shape index (κ2) is 6.09. The van der Waals surface area contributed by atoms with E-state index < -0.39 is 0 Å². The first-order valence-corrected chi connectivity index (χ1v) is 7.06. The third kappa shape index (κ3) is 3.30. The maximum Gasteiger partial charge on any atom is 0.268 e.